The monoisotopic (exact) mass is 234 g/mol. The van der Waals surface area contributed by atoms with Gasteiger partial charge in [0.2, 0.25) is 0 Å². The number of para-hydroxylation sites is 1. The number of hydrogen-bond acceptors (Lipinski definition) is 1. The molecule has 0 unspecified atom stereocenters. The van der Waals surface area contributed by atoms with Crippen LogP contribution in [0.25, 0.3) is 0 Å². The molecule has 0 aliphatic rings. The molecule has 0 aromatic heterocycles. The second kappa shape index (κ2) is 4.13. The van der Waals surface area contributed by atoms with Crippen LogP contribution in [0, 0.1) is 0 Å². The van der Waals surface area contributed by atoms with Crippen LogP contribution in [-0.4, -0.2) is 12.2 Å². The molecule has 2 nitrogen and oxygen atoms in total. The van der Waals surface area contributed by atoms with E-state index in [0.717, 1.165) is 0 Å². The third-order valence-corrected chi connectivity index (χ3v) is 2.49. The Morgan fingerprint density at radius 1 is 1.38 bits per heavy atom. The molecule has 0 radical (unpaired) electrons. The van der Waals surface area contributed by atoms with Crippen molar-refractivity contribution in [1.29, 1.82) is 0 Å². The molecule has 70 valence electrons. The van der Waals surface area contributed by atoms with Gasteiger partial charge in [0.1, 0.15) is 0 Å². The van der Waals surface area contributed by atoms with Crippen LogP contribution in [0.2, 0.25) is 10.0 Å². The molecule has 0 heterocycles. The predicted octanol–water partition coefficient (Wildman–Crippen LogP) is 2.67. The maximum Gasteiger partial charge on any atom is 0.170 e. The standard InChI is InChI=1S/C8H8Cl2N2S/c1-12(8(11)13)7-5(9)3-2-4-6(7)10/h2-4H,1H3,(H2,11,13). The molecule has 0 aliphatic carbocycles. The van der Waals surface area contributed by atoms with E-state index in [0.29, 0.717) is 15.7 Å². The smallest absolute Gasteiger partial charge is 0.170 e. The van der Waals surface area contributed by atoms with E-state index in [2.05, 4.69) is 0 Å². The molecule has 1 rings (SSSR count). The van der Waals surface area contributed by atoms with Crippen molar-refractivity contribution in [3.63, 3.8) is 0 Å². The van der Waals surface area contributed by atoms with Gasteiger partial charge < -0.3 is 10.6 Å². The summed E-state index contributed by atoms with van der Waals surface area (Å²) in [6, 6.07) is 5.23. The van der Waals surface area contributed by atoms with Crippen LogP contribution in [-0.2, 0) is 0 Å². The average molecular weight is 235 g/mol. The molecular weight excluding hydrogens is 227 g/mol. The summed E-state index contributed by atoms with van der Waals surface area (Å²) in [5, 5.41) is 1.29. The van der Waals surface area contributed by atoms with Crippen molar-refractivity contribution in [3.8, 4) is 0 Å². The van der Waals surface area contributed by atoms with Crippen molar-refractivity contribution < 1.29 is 0 Å². The lowest BCUT2D eigenvalue weighted by molar-refractivity contribution is 1.27. The Hall–Kier alpha value is -0.510. The highest BCUT2D eigenvalue weighted by molar-refractivity contribution is 7.80. The lowest BCUT2D eigenvalue weighted by atomic mass is 10.3. The minimum Gasteiger partial charge on any atom is -0.376 e. The Bertz CT molecular complexity index is 321. The summed E-state index contributed by atoms with van der Waals surface area (Å²) in [5.74, 6) is 0. The second-order valence-corrected chi connectivity index (χ2v) is 3.70. The molecule has 0 bridgehead atoms. The summed E-state index contributed by atoms with van der Waals surface area (Å²) >= 11 is 16.7. The summed E-state index contributed by atoms with van der Waals surface area (Å²) in [6.45, 7) is 0. The maximum absolute atomic E-state index is 5.93. The fraction of sp³-hybridized carbons (Fsp3) is 0.125. The molecule has 0 fully saturated rings. The Balaban J connectivity index is 3.20. The van der Waals surface area contributed by atoms with E-state index in [9.17, 15) is 0 Å². The number of benzene rings is 1. The van der Waals surface area contributed by atoms with Gasteiger partial charge in [0.25, 0.3) is 0 Å². The zero-order valence-electron chi connectivity index (χ0n) is 6.92. The van der Waals surface area contributed by atoms with Gasteiger partial charge in [-0.3, -0.25) is 0 Å². The maximum atomic E-state index is 5.93. The minimum absolute atomic E-state index is 0.231. The Kier molecular flexibility index (Phi) is 3.36. The number of rotatable bonds is 1. The predicted molar refractivity (Wildman–Crippen MR) is 61.7 cm³/mol. The molecule has 0 spiro atoms. The van der Waals surface area contributed by atoms with Gasteiger partial charge in [0, 0.05) is 7.05 Å². The Morgan fingerprint density at radius 2 is 1.85 bits per heavy atom. The fourth-order valence-corrected chi connectivity index (χ4v) is 1.66. The number of halogens is 2. The first kappa shape index (κ1) is 10.6. The first-order valence-corrected chi connectivity index (χ1v) is 4.67. The van der Waals surface area contributed by atoms with Crippen molar-refractivity contribution in [2.45, 2.75) is 0 Å². The van der Waals surface area contributed by atoms with Crippen molar-refractivity contribution in [2.75, 3.05) is 11.9 Å². The van der Waals surface area contributed by atoms with Crippen molar-refractivity contribution >= 4 is 46.2 Å². The number of anilines is 1. The molecule has 0 aliphatic heterocycles. The van der Waals surface area contributed by atoms with Crippen LogP contribution in [0.3, 0.4) is 0 Å². The summed E-state index contributed by atoms with van der Waals surface area (Å²) in [6.07, 6.45) is 0. The number of thiocarbonyl (C=S) groups is 1. The zero-order chi connectivity index (χ0) is 10.0. The van der Waals surface area contributed by atoms with Crippen LogP contribution in [0.1, 0.15) is 0 Å². The molecule has 0 saturated heterocycles. The Morgan fingerprint density at radius 3 is 2.23 bits per heavy atom. The summed E-state index contributed by atoms with van der Waals surface area (Å²) < 4.78 is 0. The van der Waals surface area contributed by atoms with E-state index in [1.54, 1.807) is 30.1 Å². The first-order valence-electron chi connectivity index (χ1n) is 3.51. The van der Waals surface area contributed by atoms with Crippen LogP contribution < -0.4 is 10.6 Å². The molecule has 1 aromatic carbocycles. The summed E-state index contributed by atoms with van der Waals surface area (Å²) in [7, 11) is 1.72. The highest BCUT2D eigenvalue weighted by Crippen LogP contribution is 2.32. The van der Waals surface area contributed by atoms with Crippen molar-refractivity contribution in [3.05, 3.63) is 28.2 Å². The third kappa shape index (κ3) is 2.24. The third-order valence-electron chi connectivity index (χ3n) is 1.60. The van der Waals surface area contributed by atoms with Gasteiger partial charge in [-0.15, -0.1) is 0 Å². The number of hydrogen-bond donors (Lipinski definition) is 1. The van der Waals surface area contributed by atoms with Gasteiger partial charge in [-0.1, -0.05) is 29.3 Å². The van der Waals surface area contributed by atoms with Gasteiger partial charge in [0.05, 0.1) is 15.7 Å². The molecule has 13 heavy (non-hydrogen) atoms. The minimum atomic E-state index is 0.231. The molecule has 1 aromatic rings. The summed E-state index contributed by atoms with van der Waals surface area (Å²) in [4.78, 5) is 1.57. The lowest BCUT2D eigenvalue weighted by Gasteiger charge is -2.19. The molecule has 0 atom stereocenters. The van der Waals surface area contributed by atoms with Gasteiger partial charge >= 0.3 is 0 Å². The SMILES string of the molecule is CN(C(N)=S)c1c(Cl)cccc1Cl. The van der Waals surface area contributed by atoms with Crippen LogP contribution in [0.5, 0.6) is 0 Å². The lowest BCUT2D eigenvalue weighted by Crippen LogP contribution is -2.31. The zero-order valence-corrected chi connectivity index (χ0v) is 9.25. The van der Waals surface area contributed by atoms with E-state index < -0.39 is 0 Å². The average Bonchev–Trinajstić information content (AvgIpc) is 2.03. The molecule has 0 saturated carbocycles. The highest BCUT2D eigenvalue weighted by Gasteiger charge is 2.11. The van der Waals surface area contributed by atoms with Crippen molar-refractivity contribution in [1.82, 2.24) is 0 Å². The second-order valence-electron chi connectivity index (χ2n) is 2.47. The van der Waals surface area contributed by atoms with Crippen LogP contribution >= 0.6 is 35.4 Å². The first-order chi connectivity index (χ1) is 6.04. The molecule has 0 amide bonds. The quantitative estimate of drug-likeness (QED) is 0.759. The van der Waals surface area contributed by atoms with E-state index in [-0.39, 0.29) is 5.11 Å². The number of nitrogens with zero attached hydrogens (tertiary/aromatic N) is 1. The van der Waals surface area contributed by atoms with E-state index in [4.69, 9.17) is 41.2 Å². The normalized spacial score (nSPS) is 9.77. The van der Waals surface area contributed by atoms with Gasteiger partial charge in [-0.05, 0) is 24.4 Å². The number of nitrogens with two attached hydrogens (primary N) is 1. The molecular formula is C8H8Cl2N2S. The van der Waals surface area contributed by atoms with Gasteiger partial charge in [-0.25, -0.2) is 0 Å². The van der Waals surface area contributed by atoms with Crippen molar-refractivity contribution in [2.24, 2.45) is 5.73 Å². The van der Waals surface area contributed by atoms with Gasteiger partial charge in [0.15, 0.2) is 5.11 Å². The molecule has 2 N–H and O–H groups in total. The van der Waals surface area contributed by atoms with E-state index >= 15 is 0 Å². The Labute approximate surface area is 92.2 Å². The largest absolute Gasteiger partial charge is 0.376 e. The van der Waals surface area contributed by atoms with E-state index in [1.165, 1.54) is 0 Å². The van der Waals surface area contributed by atoms with E-state index in [1.807, 2.05) is 0 Å². The van der Waals surface area contributed by atoms with Crippen LogP contribution in [0.15, 0.2) is 18.2 Å². The topological polar surface area (TPSA) is 29.3 Å². The highest BCUT2D eigenvalue weighted by atomic mass is 35.5. The summed E-state index contributed by atoms with van der Waals surface area (Å²) in [5.41, 5.74) is 6.08. The fourth-order valence-electron chi connectivity index (χ4n) is 0.920. The molecule has 5 heteroatoms. The van der Waals surface area contributed by atoms with Crippen LogP contribution in [0.4, 0.5) is 5.69 Å². The van der Waals surface area contributed by atoms with Gasteiger partial charge in [-0.2, -0.15) is 0 Å².